The molecule has 1 aromatic rings. The lowest BCUT2D eigenvalue weighted by molar-refractivity contribution is -0.0884. The van der Waals surface area contributed by atoms with Gasteiger partial charge in [0.2, 0.25) is 0 Å². The van der Waals surface area contributed by atoms with Crippen molar-refractivity contribution in [3.8, 4) is 0 Å². The van der Waals surface area contributed by atoms with Crippen LogP contribution in [0.4, 0.5) is 0 Å². The minimum Gasteiger partial charge on any atom is -0.394 e. The van der Waals surface area contributed by atoms with E-state index >= 15 is 0 Å². The molecule has 17 heavy (non-hydrogen) atoms. The molecule has 3 atom stereocenters. The van der Waals surface area contributed by atoms with Crippen molar-refractivity contribution in [2.75, 3.05) is 6.61 Å². The second-order valence-electron chi connectivity index (χ2n) is 3.74. The average molecular weight is 238 g/mol. The largest absolute Gasteiger partial charge is 0.394 e. The number of rotatable bonds is 7. The van der Waals surface area contributed by atoms with E-state index in [0.29, 0.717) is 6.61 Å². The van der Waals surface area contributed by atoms with Crippen LogP contribution in [-0.2, 0) is 11.3 Å². The monoisotopic (exact) mass is 238 g/mol. The van der Waals surface area contributed by atoms with Crippen LogP contribution in [0.1, 0.15) is 5.56 Å². The number of ether oxygens (including phenoxy) is 1. The average Bonchev–Trinajstić information content (AvgIpc) is 2.39. The highest BCUT2D eigenvalue weighted by Gasteiger charge is 2.24. The molecule has 0 aliphatic rings. The Hall–Kier alpha value is -1.20. The highest BCUT2D eigenvalue weighted by Crippen LogP contribution is 2.09. The number of hydrogen-bond donors (Lipinski definition) is 3. The summed E-state index contributed by atoms with van der Waals surface area (Å²) in [5.41, 5.74) is 0.963. The highest BCUT2D eigenvalue weighted by atomic mass is 16.5. The molecule has 94 valence electrons. The fourth-order valence-electron chi connectivity index (χ4n) is 1.40. The first kappa shape index (κ1) is 13.9. The molecule has 3 N–H and O–H groups in total. The Morgan fingerprint density at radius 2 is 1.88 bits per heavy atom. The smallest absolute Gasteiger partial charge is 0.112 e. The molecule has 0 saturated heterocycles. The minimum absolute atomic E-state index is 0.312. The zero-order chi connectivity index (χ0) is 12.7. The molecular weight excluding hydrogens is 220 g/mol. The van der Waals surface area contributed by atoms with Crippen LogP contribution in [0.25, 0.3) is 0 Å². The van der Waals surface area contributed by atoms with Crippen LogP contribution < -0.4 is 0 Å². The van der Waals surface area contributed by atoms with Gasteiger partial charge in [-0.25, -0.2) is 0 Å². The Morgan fingerprint density at radius 1 is 1.24 bits per heavy atom. The molecule has 1 aromatic carbocycles. The first-order chi connectivity index (χ1) is 8.19. The van der Waals surface area contributed by atoms with Gasteiger partial charge in [0.1, 0.15) is 18.3 Å². The van der Waals surface area contributed by atoms with Crippen LogP contribution in [0.15, 0.2) is 43.0 Å². The van der Waals surface area contributed by atoms with Crippen molar-refractivity contribution in [2.24, 2.45) is 0 Å². The van der Waals surface area contributed by atoms with Gasteiger partial charge in [0.05, 0.1) is 13.2 Å². The fraction of sp³-hybridized carbons (Fsp3) is 0.385. The summed E-state index contributed by atoms with van der Waals surface area (Å²) in [6.07, 6.45) is -1.71. The third-order valence-electron chi connectivity index (χ3n) is 2.44. The standard InChI is InChI=1S/C13H18O4/c1-2-12(13(16)11(15)8-14)17-9-10-6-4-3-5-7-10/h2-7,11-16H,1,8-9H2/t11-,12+,13+/m0/s1. The fourth-order valence-corrected chi connectivity index (χ4v) is 1.40. The number of hydrogen-bond acceptors (Lipinski definition) is 4. The maximum absolute atomic E-state index is 9.65. The molecule has 0 spiro atoms. The van der Waals surface area contributed by atoms with E-state index in [9.17, 15) is 10.2 Å². The maximum atomic E-state index is 9.65. The SMILES string of the molecule is C=C[C@@H](OCc1ccccc1)[C@H](O)[C@@H](O)CO. The van der Waals surface area contributed by atoms with Gasteiger partial charge in [0, 0.05) is 0 Å². The zero-order valence-corrected chi connectivity index (χ0v) is 9.57. The van der Waals surface area contributed by atoms with E-state index in [1.54, 1.807) is 0 Å². The molecule has 0 amide bonds. The van der Waals surface area contributed by atoms with Gasteiger partial charge < -0.3 is 20.1 Å². The van der Waals surface area contributed by atoms with E-state index in [2.05, 4.69) is 6.58 Å². The molecule has 0 saturated carbocycles. The molecule has 0 bridgehead atoms. The van der Waals surface area contributed by atoms with Gasteiger partial charge in [0.15, 0.2) is 0 Å². The van der Waals surface area contributed by atoms with Gasteiger partial charge in [-0.05, 0) is 5.56 Å². The molecule has 4 heteroatoms. The van der Waals surface area contributed by atoms with Gasteiger partial charge in [-0.3, -0.25) is 0 Å². The topological polar surface area (TPSA) is 69.9 Å². The molecule has 0 unspecified atom stereocenters. The van der Waals surface area contributed by atoms with E-state index in [-0.39, 0.29) is 0 Å². The molecule has 0 radical (unpaired) electrons. The highest BCUT2D eigenvalue weighted by molar-refractivity contribution is 5.13. The van der Waals surface area contributed by atoms with Crippen molar-refractivity contribution in [1.29, 1.82) is 0 Å². The summed E-state index contributed by atoms with van der Waals surface area (Å²) in [7, 11) is 0. The van der Waals surface area contributed by atoms with E-state index in [0.717, 1.165) is 5.56 Å². The van der Waals surface area contributed by atoms with Crippen molar-refractivity contribution in [3.63, 3.8) is 0 Å². The Labute approximate surface area is 101 Å². The zero-order valence-electron chi connectivity index (χ0n) is 9.57. The van der Waals surface area contributed by atoms with Crippen molar-refractivity contribution < 1.29 is 20.1 Å². The third kappa shape index (κ3) is 4.28. The predicted octanol–water partition coefficient (Wildman–Crippen LogP) is 0.472. The number of benzene rings is 1. The van der Waals surface area contributed by atoms with E-state index < -0.39 is 24.9 Å². The van der Waals surface area contributed by atoms with Gasteiger partial charge in [-0.15, -0.1) is 6.58 Å². The molecular formula is C13H18O4. The van der Waals surface area contributed by atoms with Crippen molar-refractivity contribution in [1.82, 2.24) is 0 Å². The summed E-state index contributed by atoms with van der Waals surface area (Å²) >= 11 is 0. The molecule has 4 nitrogen and oxygen atoms in total. The Bertz CT molecular complexity index is 325. The van der Waals surface area contributed by atoms with Crippen LogP contribution in [-0.4, -0.2) is 40.2 Å². The first-order valence-electron chi connectivity index (χ1n) is 5.44. The lowest BCUT2D eigenvalue weighted by atomic mass is 10.1. The lowest BCUT2D eigenvalue weighted by Gasteiger charge is -2.23. The van der Waals surface area contributed by atoms with Crippen LogP contribution in [0, 0.1) is 0 Å². The second-order valence-corrected chi connectivity index (χ2v) is 3.74. The molecule has 0 fully saturated rings. The molecule has 1 rings (SSSR count). The summed E-state index contributed by atoms with van der Waals surface area (Å²) < 4.78 is 5.42. The summed E-state index contributed by atoms with van der Waals surface area (Å²) in [5, 5.41) is 27.7. The summed E-state index contributed by atoms with van der Waals surface area (Å²) in [5.74, 6) is 0. The van der Waals surface area contributed by atoms with Crippen LogP contribution in [0.5, 0.6) is 0 Å². The van der Waals surface area contributed by atoms with Gasteiger partial charge in [-0.1, -0.05) is 36.4 Å². The van der Waals surface area contributed by atoms with Crippen LogP contribution in [0.2, 0.25) is 0 Å². The quantitative estimate of drug-likeness (QED) is 0.604. The van der Waals surface area contributed by atoms with Crippen LogP contribution in [0.3, 0.4) is 0 Å². The first-order valence-corrected chi connectivity index (χ1v) is 5.44. The molecule has 0 aliphatic heterocycles. The minimum atomic E-state index is -1.23. The van der Waals surface area contributed by atoms with Crippen molar-refractivity contribution >= 4 is 0 Å². The molecule has 0 aromatic heterocycles. The number of aliphatic hydroxyl groups excluding tert-OH is 3. The Kier molecular flexibility index (Phi) is 5.86. The maximum Gasteiger partial charge on any atom is 0.112 e. The van der Waals surface area contributed by atoms with Crippen LogP contribution >= 0.6 is 0 Å². The predicted molar refractivity (Wildman–Crippen MR) is 64.3 cm³/mol. The van der Waals surface area contributed by atoms with E-state index in [1.807, 2.05) is 30.3 Å². The normalized spacial score (nSPS) is 16.2. The lowest BCUT2D eigenvalue weighted by Crippen LogP contribution is -2.39. The van der Waals surface area contributed by atoms with Crippen molar-refractivity contribution in [3.05, 3.63) is 48.6 Å². The Balaban J connectivity index is 2.50. The van der Waals surface area contributed by atoms with E-state index in [1.165, 1.54) is 6.08 Å². The summed E-state index contributed by atoms with van der Waals surface area (Å²) in [4.78, 5) is 0. The van der Waals surface area contributed by atoms with Gasteiger partial charge in [0.25, 0.3) is 0 Å². The number of aliphatic hydroxyl groups is 3. The summed E-state index contributed by atoms with van der Waals surface area (Å²) in [6, 6.07) is 9.48. The van der Waals surface area contributed by atoms with Crippen molar-refractivity contribution in [2.45, 2.75) is 24.9 Å². The molecule has 0 heterocycles. The van der Waals surface area contributed by atoms with Gasteiger partial charge >= 0.3 is 0 Å². The molecule has 0 aliphatic carbocycles. The summed E-state index contributed by atoms with van der Waals surface area (Å²) in [6.45, 7) is 3.33. The van der Waals surface area contributed by atoms with Gasteiger partial charge in [-0.2, -0.15) is 0 Å². The second kappa shape index (κ2) is 7.19. The Morgan fingerprint density at radius 3 is 2.41 bits per heavy atom. The third-order valence-corrected chi connectivity index (χ3v) is 2.44. The van der Waals surface area contributed by atoms with E-state index in [4.69, 9.17) is 9.84 Å².